The number of rotatable bonds is 3. The molecule has 0 fully saturated rings. The second-order valence-electron chi connectivity index (χ2n) is 8.22. The first kappa shape index (κ1) is 19.5. The summed E-state index contributed by atoms with van der Waals surface area (Å²) in [5, 5.41) is 8.15. The van der Waals surface area contributed by atoms with Gasteiger partial charge in [-0.05, 0) is 55.2 Å². The Morgan fingerprint density at radius 3 is 2.59 bits per heavy atom. The molecule has 0 aromatic heterocycles. The van der Waals surface area contributed by atoms with E-state index in [1.54, 1.807) is 13.0 Å². The fourth-order valence-electron chi connectivity index (χ4n) is 4.12. The van der Waals surface area contributed by atoms with Crippen molar-refractivity contribution in [3.05, 3.63) is 76.6 Å². The summed E-state index contributed by atoms with van der Waals surface area (Å²) in [5.41, 5.74) is 6.40. The van der Waals surface area contributed by atoms with Crippen LogP contribution in [-0.2, 0) is 12.0 Å². The zero-order chi connectivity index (χ0) is 20.9. The average molecular weight is 393 g/mol. The van der Waals surface area contributed by atoms with Crippen LogP contribution in [0, 0.1) is 12.7 Å². The highest BCUT2D eigenvalue weighted by atomic mass is 19.1. The van der Waals surface area contributed by atoms with E-state index in [1.165, 1.54) is 6.92 Å². The molecule has 2 heterocycles. The number of likely N-dealkylation sites (N-methyl/N-ethyl adjacent to an activating group) is 1. The molecule has 2 unspecified atom stereocenters. The van der Waals surface area contributed by atoms with Crippen LogP contribution in [0.2, 0.25) is 0 Å². The molecular weight excluding hydrogens is 368 g/mol. The van der Waals surface area contributed by atoms with Gasteiger partial charge in [-0.15, -0.1) is 0 Å². The van der Waals surface area contributed by atoms with Crippen molar-refractivity contribution in [2.24, 2.45) is 10.2 Å². The van der Waals surface area contributed by atoms with Crippen molar-refractivity contribution in [1.29, 1.82) is 0 Å². The molecule has 150 valence electrons. The molecule has 2 atom stereocenters. The third-order valence-corrected chi connectivity index (χ3v) is 6.33. The van der Waals surface area contributed by atoms with Gasteiger partial charge in [0.15, 0.2) is 0 Å². The van der Waals surface area contributed by atoms with E-state index in [2.05, 4.69) is 40.7 Å². The molecule has 2 aromatic rings. The fourth-order valence-corrected chi connectivity index (χ4v) is 4.12. The smallest absolute Gasteiger partial charge is 0.138 e. The predicted molar refractivity (Wildman–Crippen MR) is 115 cm³/mol. The molecule has 0 bridgehead atoms. The van der Waals surface area contributed by atoms with Gasteiger partial charge in [0.2, 0.25) is 0 Å². The first-order chi connectivity index (χ1) is 13.7. The maximum Gasteiger partial charge on any atom is 0.138 e. The Kier molecular flexibility index (Phi) is 4.64. The Bertz CT molecular complexity index is 1070. The van der Waals surface area contributed by atoms with E-state index in [0.29, 0.717) is 17.7 Å². The first-order valence-corrected chi connectivity index (χ1v) is 9.81. The van der Waals surface area contributed by atoms with Crippen molar-refractivity contribution in [3.8, 4) is 0 Å². The molecule has 0 radical (unpaired) electrons. The van der Waals surface area contributed by atoms with Crippen molar-refractivity contribution in [2.45, 2.75) is 45.3 Å². The van der Waals surface area contributed by atoms with Gasteiger partial charge in [-0.2, -0.15) is 10.2 Å². The minimum atomic E-state index is -1.09. The maximum atomic E-state index is 14.2. The maximum absolute atomic E-state index is 14.2. The monoisotopic (exact) mass is 393 g/mol. The second-order valence-corrected chi connectivity index (χ2v) is 8.22. The average Bonchev–Trinajstić information content (AvgIpc) is 3.19. The number of alkyl halides is 1. The van der Waals surface area contributed by atoms with Crippen LogP contribution >= 0.6 is 0 Å². The summed E-state index contributed by atoms with van der Waals surface area (Å²) >= 11 is 0. The van der Waals surface area contributed by atoms with E-state index in [9.17, 15) is 8.78 Å². The van der Waals surface area contributed by atoms with Crippen LogP contribution in [0.25, 0.3) is 5.70 Å². The van der Waals surface area contributed by atoms with Gasteiger partial charge in [0, 0.05) is 31.1 Å². The summed E-state index contributed by atoms with van der Waals surface area (Å²) in [4.78, 5) is 2.12. The molecule has 29 heavy (non-hydrogen) atoms. The van der Waals surface area contributed by atoms with Gasteiger partial charge in [0.25, 0.3) is 0 Å². The van der Waals surface area contributed by atoms with E-state index in [-0.39, 0.29) is 5.82 Å². The Morgan fingerprint density at radius 2 is 1.93 bits per heavy atom. The van der Waals surface area contributed by atoms with Gasteiger partial charge in [0.05, 0.1) is 17.0 Å². The molecule has 0 aliphatic carbocycles. The number of fused-ring (bicyclic) bond motifs is 1. The van der Waals surface area contributed by atoms with Crippen molar-refractivity contribution >= 4 is 17.1 Å². The van der Waals surface area contributed by atoms with E-state index >= 15 is 0 Å². The van der Waals surface area contributed by atoms with Gasteiger partial charge >= 0.3 is 0 Å². The zero-order valence-corrected chi connectivity index (χ0v) is 17.3. The van der Waals surface area contributed by atoms with Crippen molar-refractivity contribution in [3.63, 3.8) is 0 Å². The van der Waals surface area contributed by atoms with Crippen molar-refractivity contribution < 1.29 is 8.78 Å². The highest BCUT2D eigenvalue weighted by Crippen LogP contribution is 2.43. The topological polar surface area (TPSA) is 28.0 Å². The van der Waals surface area contributed by atoms with Crippen molar-refractivity contribution in [1.82, 2.24) is 4.90 Å². The summed E-state index contributed by atoms with van der Waals surface area (Å²) in [6.45, 7) is 9.68. The largest absolute Gasteiger partial charge is 0.365 e. The number of hydrogen-bond acceptors (Lipinski definition) is 3. The molecule has 2 aliphatic heterocycles. The third-order valence-electron chi connectivity index (χ3n) is 6.33. The lowest BCUT2D eigenvalue weighted by Crippen LogP contribution is -2.45. The van der Waals surface area contributed by atoms with Crippen molar-refractivity contribution in [2.75, 3.05) is 7.05 Å². The molecule has 5 heteroatoms. The van der Waals surface area contributed by atoms with Gasteiger partial charge in [-0.1, -0.05) is 30.8 Å². The quantitative estimate of drug-likeness (QED) is 0.685. The lowest BCUT2D eigenvalue weighted by Gasteiger charge is -2.46. The standard InChI is InChI=1S/C24H25F2N3/c1-14-6-9-19(11-21(14)26)24(4)13-18-8-7-17(10-20(18)16(3)29(24)5)23-12-22(15(2)25)27-28-23/h6-11,15H,3,12-13H2,1-2,4-5H3. The number of hydrogen-bond donors (Lipinski definition) is 0. The zero-order valence-electron chi connectivity index (χ0n) is 17.3. The SMILES string of the molecule is C=C1c2cc(C3=NN=C(C(C)F)C3)ccc2CC(C)(c2ccc(C)c(F)c2)N1C. The Labute approximate surface area is 170 Å². The van der Waals surface area contributed by atoms with E-state index < -0.39 is 11.7 Å². The molecule has 0 amide bonds. The van der Waals surface area contributed by atoms with Gasteiger partial charge < -0.3 is 4.90 Å². The van der Waals surface area contributed by atoms with Crippen LogP contribution in [-0.4, -0.2) is 29.5 Å². The van der Waals surface area contributed by atoms with E-state index in [0.717, 1.165) is 40.1 Å². The Balaban J connectivity index is 1.68. The molecule has 2 aliphatic rings. The number of aryl methyl sites for hydroxylation is 1. The Morgan fingerprint density at radius 1 is 1.17 bits per heavy atom. The first-order valence-electron chi connectivity index (χ1n) is 9.81. The summed E-state index contributed by atoms with van der Waals surface area (Å²) in [5.74, 6) is -0.193. The minimum absolute atomic E-state index is 0.193. The Hall–Kier alpha value is -2.82. The fraction of sp³-hybridized carbons (Fsp3) is 0.333. The highest BCUT2D eigenvalue weighted by molar-refractivity contribution is 6.16. The predicted octanol–water partition coefficient (Wildman–Crippen LogP) is 5.41. The molecule has 2 aromatic carbocycles. The minimum Gasteiger partial charge on any atom is -0.365 e. The van der Waals surface area contributed by atoms with Gasteiger partial charge in [0.1, 0.15) is 12.0 Å². The van der Waals surface area contributed by atoms with E-state index in [1.807, 2.05) is 25.2 Å². The van der Waals surface area contributed by atoms with Crippen LogP contribution < -0.4 is 0 Å². The summed E-state index contributed by atoms with van der Waals surface area (Å²) in [7, 11) is 1.99. The van der Waals surface area contributed by atoms with Crippen LogP contribution in [0.1, 0.15) is 48.1 Å². The molecule has 4 rings (SSSR count). The molecule has 0 spiro atoms. The van der Waals surface area contributed by atoms with Crippen LogP contribution in [0.15, 0.2) is 53.2 Å². The normalized spacial score (nSPS) is 22.3. The third kappa shape index (κ3) is 3.18. The summed E-state index contributed by atoms with van der Waals surface area (Å²) in [6.07, 6.45) is 0.0702. The second kappa shape index (κ2) is 6.90. The number of halogens is 2. The molecule has 0 saturated carbocycles. The summed E-state index contributed by atoms with van der Waals surface area (Å²) in [6, 6.07) is 11.6. The highest BCUT2D eigenvalue weighted by Gasteiger charge is 2.38. The molecular formula is C24H25F2N3. The molecule has 3 nitrogen and oxygen atoms in total. The lowest BCUT2D eigenvalue weighted by atomic mass is 9.77. The molecule has 0 saturated heterocycles. The van der Waals surface area contributed by atoms with Crippen LogP contribution in [0.4, 0.5) is 8.78 Å². The van der Waals surface area contributed by atoms with Gasteiger partial charge in [-0.25, -0.2) is 8.78 Å². The molecule has 0 N–H and O–H groups in total. The lowest BCUT2D eigenvalue weighted by molar-refractivity contribution is 0.206. The van der Waals surface area contributed by atoms with Crippen LogP contribution in [0.5, 0.6) is 0 Å². The summed E-state index contributed by atoms with van der Waals surface area (Å²) < 4.78 is 27.8. The number of nitrogens with zero attached hydrogens (tertiary/aromatic N) is 3. The van der Waals surface area contributed by atoms with Gasteiger partial charge in [-0.3, -0.25) is 0 Å². The van der Waals surface area contributed by atoms with E-state index in [4.69, 9.17) is 0 Å². The van der Waals surface area contributed by atoms with Crippen LogP contribution in [0.3, 0.4) is 0 Å². The number of benzene rings is 2.